The van der Waals surface area contributed by atoms with Crippen molar-refractivity contribution in [3.63, 3.8) is 0 Å². The molecule has 2 heterocycles. The van der Waals surface area contributed by atoms with Gasteiger partial charge in [0.15, 0.2) is 17.1 Å². The molecule has 296 valence electrons. The van der Waals surface area contributed by atoms with E-state index in [0.717, 1.165) is 50.1 Å². The maximum Gasteiger partial charge on any atom is 0.198 e. The summed E-state index contributed by atoms with van der Waals surface area (Å²) in [5.74, 6) is 0.276. The zero-order chi connectivity index (χ0) is 43.6. The van der Waals surface area contributed by atoms with Gasteiger partial charge in [-0.25, -0.2) is 24.5 Å². The summed E-state index contributed by atoms with van der Waals surface area (Å²) in [4.78, 5) is 23.4. The lowest BCUT2D eigenvalue weighted by Gasteiger charge is -2.25. The van der Waals surface area contributed by atoms with Crippen molar-refractivity contribution in [2.75, 3.05) is 4.90 Å². The van der Waals surface area contributed by atoms with Crippen LogP contribution in [0.1, 0.15) is 5.56 Å². The summed E-state index contributed by atoms with van der Waals surface area (Å²) in [6.45, 7) is 23.9. The quantitative estimate of drug-likeness (QED) is 0.143. The van der Waals surface area contributed by atoms with Crippen LogP contribution in [0.5, 0.6) is 0 Å². The molecule has 0 fully saturated rings. The smallest absolute Gasteiger partial charge is 0.198 e. The largest absolute Gasteiger partial charge is 0.310 e. The second-order valence-electron chi connectivity index (χ2n) is 15.0. The number of hydrogen-bond donors (Lipinski definition) is 0. The molecule has 0 amide bonds. The van der Waals surface area contributed by atoms with Gasteiger partial charge in [0.25, 0.3) is 0 Å². The maximum absolute atomic E-state index is 10.6. The summed E-state index contributed by atoms with van der Waals surface area (Å²) in [6, 6.07) is 65.6. The molecule has 0 aliphatic rings. The molecule has 0 radical (unpaired) electrons. The fourth-order valence-electron chi connectivity index (χ4n) is 8.38. The van der Waals surface area contributed by atoms with E-state index in [-0.39, 0.29) is 5.82 Å². The summed E-state index contributed by atoms with van der Waals surface area (Å²) in [5.41, 5.74) is 11.5. The fraction of sp³-hybridized carbons (Fsp3) is 0. The molecule has 0 saturated carbocycles. The van der Waals surface area contributed by atoms with Crippen LogP contribution in [0.3, 0.4) is 0 Å². The van der Waals surface area contributed by atoms with Gasteiger partial charge >= 0.3 is 0 Å². The molecule has 0 atom stereocenters. The number of rotatable bonds is 8. The Morgan fingerprint density at radius 2 is 1.02 bits per heavy atom. The van der Waals surface area contributed by atoms with E-state index in [1.165, 1.54) is 0 Å². The minimum Gasteiger partial charge on any atom is -0.310 e. The first-order valence-electron chi connectivity index (χ1n) is 20.4. The monoisotopic (exact) mass is 816 g/mol. The number of aromatic nitrogens is 3. The van der Waals surface area contributed by atoms with Crippen molar-refractivity contribution >= 4 is 55.9 Å². The van der Waals surface area contributed by atoms with Crippen molar-refractivity contribution < 1.29 is 0 Å². The Bertz CT molecular complexity index is 3490. The minimum atomic E-state index is 0.276. The average molecular weight is 817 g/mol. The molecule has 2 aromatic heterocycles. The Hall–Kier alpha value is -9.60. The van der Waals surface area contributed by atoms with Gasteiger partial charge in [-0.3, -0.25) is 0 Å². The highest BCUT2D eigenvalue weighted by Crippen LogP contribution is 2.42. The fourth-order valence-corrected chi connectivity index (χ4v) is 8.38. The zero-order valence-corrected chi connectivity index (χ0v) is 34.1. The lowest BCUT2D eigenvalue weighted by atomic mass is 9.95. The molecule has 0 unspecified atom stereocenters. The van der Waals surface area contributed by atoms with Crippen LogP contribution < -0.4 is 4.90 Å². The van der Waals surface area contributed by atoms with Crippen molar-refractivity contribution in [2.45, 2.75) is 0 Å². The van der Waals surface area contributed by atoms with Crippen LogP contribution in [-0.2, 0) is 0 Å². The van der Waals surface area contributed by atoms with Crippen molar-refractivity contribution in [3.05, 3.63) is 234 Å². The van der Waals surface area contributed by atoms with Gasteiger partial charge in [-0.05, 0) is 90.0 Å². The molecular weight excluding hydrogens is 785 g/mol. The first kappa shape index (κ1) is 38.6. The molecule has 0 aliphatic carbocycles. The highest BCUT2D eigenvalue weighted by Gasteiger charge is 2.21. The molecule has 0 bridgehead atoms. The van der Waals surface area contributed by atoms with Crippen molar-refractivity contribution in [1.82, 2.24) is 14.5 Å². The molecule has 0 aliphatic heterocycles. The summed E-state index contributed by atoms with van der Waals surface area (Å²) in [6.07, 6.45) is 0. The highest BCUT2D eigenvalue weighted by atomic mass is 15.1. The van der Waals surface area contributed by atoms with Crippen LogP contribution in [0.4, 0.5) is 34.1 Å². The Balaban J connectivity index is 1.07. The topological polar surface area (TPSA) is 70.8 Å². The van der Waals surface area contributed by atoms with Crippen molar-refractivity contribution in [3.8, 4) is 56.8 Å². The van der Waals surface area contributed by atoms with Crippen molar-refractivity contribution in [1.29, 1.82) is 5.26 Å². The van der Waals surface area contributed by atoms with Crippen LogP contribution in [0, 0.1) is 31.0 Å². The zero-order valence-electron chi connectivity index (χ0n) is 34.1. The third kappa shape index (κ3) is 6.83. The lowest BCUT2D eigenvalue weighted by Crippen LogP contribution is -2.09. The molecule has 0 saturated heterocycles. The van der Waals surface area contributed by atoms with Gasteiger partial charge in [-0.15, -0.1) is 0 Å². The van der Waals surface area contributed by atoms with E-state index in [0.29, 0.717) is 56.3 Å². The number of fused-ring (bicyclic) bond motifs is 3. The van der Waals surface area contributed by atoms with E-state index in [9.17, 15) is 5.26 Å². The molecule has 8 aromatic carbocycles. The Morgan fingerprint density at radius 1 is 0.453 bits per heavy atom. The first-order valence-corrected chi connectivity index (χ1v) is 20.4. The number of benzene rings is 8. The SMILES string of the molecule is [C-]#[N+]c1cc(-c2cc(-c3ccccc3[N+]#[C-])nc(-c3ccccc3[N+]#[C-])n2)c(C#N)cc1-c1ccc(-n2c3ccccc3c3cc(N(c4ccccc4)c4ccccc4)ccc32)cc1. The number of anilines is 3. The van der Waals surface area contributed by atoms with Crippen LogP contribution in [-0.4, -0.2) is 14.5 Å². The predicted octanol–water partition coefficient (Wildman–Crippen LogP) is 15.2. The molecule has 0 N–H and O–H groups in total. The van der Waals surface area contributed by atoms with E-state index in [1.54, 1.807) is 48.5 Å². The van der Waals surface area contributed by atoms with Gasteiger partial charge in [0, 0.05) is 50.2 Å². The van der Waals surface area contributed by atoms with Gasteiger partial charge < -0.3 is 9.47 Å². The Morgan fingerprint density at radius 3 is 1.67 bits per heavy atom. The number of nitriles is 1. The lowest BCUT2D eigenvalue weighted by molar-refractivity contribution is 1.18. The third-order valence-electron chi connectivity index (χ3n) is 11.3. The van der Waals surface area contributed by atoms with Gasteiger partial charge in [0.05, 0.1) is 53.8 Å². The average Bonchev–Trinajstić information content (AvgIpc) is 3.70. The van der Waals surface area contributed by atoms with Crippen LogP contribution in [0.15, 0.2) is 194 Å². The summed E-state index contributed by atoms with van der Waals surface area (Å²) in [7, 11) is 0. The summed E-state index contributed by atoms with van der Waals surface area (Å²) in [5, 5.41) is 12.9. The van der Waals surface area contributed by atoms with Gasteiger partial charge in [-0.2, -0.15) is 5.26 Å². The molecule has 0 spiro atoms. The molecule has 8 heteroatoms. The Labute approximate surface area is 369 Å². The molecule has 8 nitrogen and oxygen atoms in total. The van der Waals surface area contributed by atoms with E-state index in [1.807, 2.05) is 42.5 Å². The number of hydrogen-bond acceptors (Lipinski definition) is 4. The molecule has 10 aromatic rings. The minimum absolute atomic E-state index is 0.276. The second-order valence-corrected chi connectivity index (χ2v) is 15.0. The summed E-state index contributed by atoms with van der Waals surface area (Å²) < 4.78 is 2.26. The van der Waals surface area contributed by atoms with Crippen molar-refractivity contribution in [2.24, 2.45) is 0 Å². The van der Waals surface area contributed by atoms with Crippen LogP contribution in [0.2, 0.25) is 0 Å². The van der Waals surface area contributed by atoms with Crippen LogP contribution in [0.25, 0.3) is 87.1 Å². The molecule has 10 rings (SSSR count). The maximum atomic E-state index is 10.6. The number of para-hydroxylation sites is 5. The van der Waals surface area contributed by atoms with E-state index < -0.39 is 0 Å². The normalized spacial score (nSPS) is 10.8. The van der Waals surface area contributed by atoms with Gasteiger partial charge in [-0.1, -0.05) is 115 Å². The first-order chi connectivity index (χ1) is 31.6. The predicted molar refractivity (Wildman–Crippen MR) is 256 cm³/mol. The number of nitrogens with zero attached hydrogens (tertiary/aromatic N) is 8. The molecule has 64 heavy (non-hydrogen) atoms. The summed E-state index contributed by atoms with van der Waals surface area (Å²) >= 11 is 0. The second kappa shape index (κ2) is 16.5. The van der Waals surface area contributed by atoms with E-state index in [2.05, 4.69) is 133 Å². The van der Waals surface area contributed by atoms with E-state index in [4.69, 9.17) is 29.7 Å². The van der Waals surface area contributed by atoms with Gasteiger partial charge in [0.2, 0.25) is 0 Å². The molecular formula is C56H32N8. The third-order valence-corrected chi connectivity index (χ3v) is 11.3. The van der Waals surface area contributed by atoms with E-state index >= 15 is 0 Å². The highest BCUT2D eigenvalue weighted by molar-refractivity contribution is 6.10. The van der Waals surface area contributed by atoms with Gasteiger partial charge in [0.1, 0.15) is 5.82 Å². The standard InChI is InChI=1S/C56H32N8/c1-58-49-23-13-10-21-44(49)52-35-53(62-56(61-52)45-22-11-14-24-50(45)59-2)47-34-51(60-3)46(32-38(47)36-57)37-26-28-41(29-27-37)64-54-25-15-12-20-43(54)48-33-42(30-31-55(48)64)63(39-16-6-4-7-17-39)40-18-8-5-9-19-40/h4-35H. The Kier molecular flexibility index (Phi) is 9.92. The van der Waals surface area contributed by atoms with Crippen LogP contribution >= 0.6 is 0 Å².